The van der Waals surface area contributed by atoms with Crippen LogP contribution in [0.4, 0.5) is 0 Å². The monoisotopic (exact) mass is 551 g/mol. The third-order valence-electron chi connectivity index (χ3n) is 7.95. The summed E-state index contributed by atoms with van der Waals surface area (Å²) in [5.74, 6) is 0. The van der Waals surface area contributed by atoms with Crippen molar-refractivity contribution in [1.29, 1.82) is 0 Å². The molecule has 4 heteroatoms. The highest BCUT2D eigenvalue weighted by atomic mass is 16.3. The van der Waals surface area contributed by atoms with Gasteiger partial charge in [0.25, 0.3) is 0 Å². The van der Waals surface area contributed by atoms with Crippen LogP contribution in [0.5, 0.6) is 0 Å². The summed E-state index contributed by atoms with van der Waals surface area (Å²) in [5.41, 5.74) is 11.6. The molecule has 0 N–H and O–H groups in total. The van der Waals surface area contributed by atoms with Crippen LogP contribution >= 0.6 is 0 Å². The number of para-hydroxylation sites is 1. The Morgan fingerprint density at radius 3 is 1.56 bits per heavy atom. The summed E-state index contributed by atoms with van der Waals surface area (Å²) in [6, 6.07) is 52.0. The molecule has 0 aliphatic heterocycles. The molecule has 8 rings (SSSR count). The van der Waals surface area contributed by atoms with E-state index in [1.807, 2.05) is 54.6 Å². The van der Waals surface area contributed by atoms with Crippen LogP contribution in [0.25, 0.3) is 77.8 Å². The molecule has 2 heterocycles. The van der Waals surface area contributed by atoms with Gasteiger partial charge >= 0.3 is 0 Å². The minimum absolute atomic E-state index is 0.769. The largest absolute Gasteiger partial charge is 0.456 e. The number of hydrogen-bond donors (Lipinski definition) is 0. The van der Waals surface area contributed by atoms with Gasteiger partial charge in [0.1, 0.15) is 22.6 Å². The maximum absolute atomic E-state index is 6.46. The van der Waals surface area contributed by atoms with E-state index in [9.17, 15) is 0 Å². The van der Waals surface area contributed by atoms with E-state index in [4.69, 9.17) is 14.6 Å². The molecule has 0 spiro atoms. The molecule has 0 atom stereocenters. The summed E-state index contributed by atoms with van der Waals surface area (Å²) in [7, 11) is 0. The van der Waals surface area contributed by atoms with E-state index in [0.717, 1.165) is 77.8 Å². The highest BCUT2D eigenvalue weighted by Gasteiger charge is 2.26. The lowest BCUT2D eigenvalue weighted by Crippen LogP contribution is -2.02. The van der Waals surface area contributed by atoms with E-state index in [0.29, 0.717) is 0 Å². The molecule has 8 aromatic rings. The first-order chi connectivity index (χ1) is 21.4. The first kappa shape index (κ1) is 24.9. The molecule has 2 aromatic heterocycles. The first-order valence-corrected chi connectivity index (χ1v) is 14.3. The number of hydrogen-bond acceptors (Lipinski definition) is 4. The number of fused-ring (bicyclic) bond motifs is 3. The van der Waals surface area contributed by atoms with E-state index in [2.05, 4.69) is 102 Å². The van der Waals surface area contributed by atoms with Crippen molar-refractivity contribution in [3.63, 3.8) is 0 Å². The molecule has 0 aliphatic rings. The van der Waals surface area contributed by atoms with E-state index in [-0.39, 0.29) is 0 Å². The number of rotatable bonds is 5. The fourth-order valence-corrected chi connectivity index (χ4v) is 6.05. The summed E-state index contributed by atoms with van der Waals surface area (Å²) < 4.78 is 6.46. The van der Waals surface area contributed by atoms with Gasteiger partial charge < -0.3 is 4.42 Å². The fraction of sp³-hybridized carbons (Fsp3) is 0. The van der Waals surface area contributed by atoms with Gasteiger partial charge in [-0.05, 0) is 45.7 Å². The van der Waals surface area contributed by atoms with Crippen LogP contribution in [0.1, 0.15) is 0 Å². The summed E-state index contributed by atoms with van der Waals surface area (Å²) in [6.45, 7) is 0. The van der Waals surface area contributed by atoms with Crippen LogP contribution in [0.15, 0.2) is 156 Å². The lowest BCUT2D eigenvalue weighted by Gasteiger charge is -2.19. The molecule has 0 saturated carbocycles. The lowest BCUT2D eigenvalue weighted by atomic mass is 9.84. The molecule has 6 aromatic carbocycles. The smallest absolute Gasteiger partial charge is 0.136 e. The number of aromatic nitrogens is 3. The van der Waals surface area contributed by atoms with E-state index >= 15 is 0 Å². The zero-order valence-corrected chi connectivity index (χ0v) is 23.2. The Kier molecular flexibility index (Phi) is 6.08. The summed E-state index contributed by atoms with van der Waals surface area (Å²) >= 11 is 0. The summed E-state index contributed by atoms with van der Waals surface area (Å²) in [5, 5.41) is 15.8. The van der Waals surface area contributed by atoms with Crippen LogP contribution in [0.3, 0.4) is 0 Å². The topological polar surface area (TPSA) is 51.8 Å². The fourth-order valence-electron chi connectivity index (χ4n) is 6.05. The number of nitrogens with zero attached hydrogens (tertiary/aromatic N) is 3. The maximum Gasteiger partial charge on any atom is 0.136 e. The third-order valence-corrected chi connectivity index (χ3v) is 7.95. The van der Waals surface area contributed by atoms with Crippen molar-refractivity contribution in [3.05, 3.63) is 152 Å². The molecule has 0 radical (unpaired) electrons. The molecule has 0 unspecified atom stereocenters. The first-order valence-electron chi connectivity index (χ1n) is 14.3. The molecule has 0 saturated heterocycles. The summed E-state index contributed by atoms with van der Waals surface area (Å²) in [4.78, 5) is 0. The Bertz CT molecular complexity index is 2170. The van der Waals surface area contributed by atoms with Crippen LogP contribution in [-0.4, -0.2) is 15.4 Å². The lowest BCUT2D eigenvalue weighted by molar-refractivity contribution is 0.669. The molecule has 0 bridgehead atoms. The van der Waals surface area contributed by atoms with Gasteiger partial charge in [-0.2, -0.15) is 0 Å². The minimum Gasteiger partial charge on any atom is -0.456 e. The molecule has 0 amide bonds. The predicted octanol–water partition coefficient (Wildman–Crippen LogP) is 10.1. The van der Waals surface area contributed by atoms with Gasteiger partial charge in [-0.1, -0.05) is 133 Å². The second-order valence-corrected chi connectivity index (χ2v) is 10.5. The number of furan rings is 1. The Morgan fingerprint density at radius 2 is 0.907 bits per heavy atom. The van der Waals surface area contributed by atoms with Gasteiger partial charge in [-0.25, -0.2) is 0 Å². The Labute approximate surface area is 248 Å². The quantitative estimate of drug-likeness (QED) is 0.214. The molecule has 0 fully saturated rings. The van der Waals surface area contributed by atoms with Crippen molar-refractivity contribution in [3.8, 4) is 55.9 Å². The SMILES string of the molecule is c1ccc(-c2ccccc2-c2ccc3oc4ccccc4c3c2-c2c(-c3ccccc3)nnnc2-c2ccccc2)cc1. The molecule has 202 valence electrons. The second-order valence-electron chi connectivity index (χ2n) is 10.5. The van der Waals surface area contributed by atoms with Crippen molar-refractivity contribution in [1.82, 2.24) is 15.4 Å². The number of benzene rings is 6. The standard InChI is InChI=1S/C39H25N3O/c1-4-14-26(15-5-1)29-20-10-11-21-30(29)31-24-25-34-35(32-22-12-13-23-33(32)43-34)36(31)37-38(27-16-6-2-7-17-27)40-42-41-39(37)28-18-8-3-9-19-28/h1-25H. The Balaban J connectivity index is 1.57. The normalized spacial score (nSPS) is 11.3. The third kappa shape index (κ3) is 4.28. The van der Waals surface area contributed by atoms with Crippen molar-refractivity contribution in [2.75, 3.05) is 0 Å². The van der Waals surface area contributed by atoms with Gasteiger partial charge in [-0.3, -0.25) is 0 Å². The maximum atomic E-state index is 6.46. The van der Waals surface area contributed by atoms with E-state index in [1.165, 1.54) is 0 Å². The van der Waals surface area contributed by atoms with Crippen molar-refractivity contribution in [2.45, 2.75) is 0 Å². The van der Waals surface area contributed by atoms with Crippen LogP contribution < -0.4 is 0 Å². The van der Waals surface area contributed by atoms with Gasteiger partial charge in [0.2, 0.25) is 0 Å². The minimum atomic E-state index is 0.769. The Hall–Kier alpha value is -5.87. The molecular weight excluding hydrogens is 526 g/mol. The highest BCUT2D eigenvalue weighted by Crippen LogP contribution is 2.49. The van der Waals surface area contributed by atoms with Crippen LogP contribution in [0, 0.1) is 0 Å². The van der Waals surface area contributed by atoms with E-state index < -0.39 is 0 Å². The zero-order valence-electron chi connectivity index (χ0n) is 23.2. The predicted molar refractivity (Wildman–Crippen MR) is 174 cm³/mol. The van der Waals surface area contributed by atoms with Gasteiger partial charge in [0, 0.05) is 33.0 Å². The average molecular weight is 552 g/mol. The van der Waals surface area contributed by atoms with Crippen molar-refractivity contribution >= 4 is 21.9 Å². The Morgan fingerprint density at radius 1 is 0.372 bits per heavy atom. The van der Waals surface area contributed by atoms with Gasteiger partial charge in [0.15, 0.2) is 0 Å². The highest BCUT2D eigenvalue weighted by molar-refractivity contribution is 6.19. The molecule has 43 heavy (non-hydrogen) atoms. The molecule has 4 nitrogen and oxygen atoms in total. The average Bonchev–Trinajstić information content (AvgIpc) is 3.48. The van der Waals surface area contributed by atoms with Crippen molar-refractivity contribution < 1.29 is 4.42 Å². The van der Waals surface area contributed by atoms with Gasteiger partial charge in [0.05, 0.1) is 0 Å². The molecule has 0 aliphatic carbocycles. The van der Waals surface area contributed by atoms with Crippen LogP contribution in [-0.2, 0) is 0 Å². The van der Waals surface area contributed by atoms with Crippen molar-refractivity contribution in [2.24, 2.45) is 0 Å². The van der Waals surface area contributed by atoms with E-state index in [1.54, 1.807) is 0 Å². The zero-order chi connectivity index (χ0) is 28.6. The second kappa shape index (κ2) is 10.5. The summed E-state index contributed by atoms with van der Waals surface area (Å²) in [6.07, 6.45) is 0. The van der Waals surface area contributed by atoms with Crippen LogP contribution in [0.2, 0.25) is 0 Å². The van der Waals surface area contributed by atoms with Gasteiger partial charge in [-0.15, -0.1) is 10.2 Å². The molecular formula is C39H25N3O.